The fraction of sp³-hybridized carbons (Fsp3) is 0.300. The minimum absolute atomic E-state index is 0.0622. The summed E-state index contributed by atoms with van der Waals surface area (Å²) in [6.07, 6.45) is 0.457. The van der Waals surface area contributed by atoms with E-state index in [2.05, 4.69) is 5.32 Å². The molecule has 0 aromatic carbocycles. The van der Waals surface area contributed by atoms with Gasteiger partial charge in [-0.1, -0.05) is 0 Å². The molecule has 2 heterocycles. The smallest absolute Gasteiger partial charge is 0.407 e. The Morgan fingerprint density at radius 1 is 1.59 bits per heavy atom. The van der Waals surface area contributed by atoms with Gasteiger partial charge in [0.2, 0.25) is 0 Å². The third-order valence-electron chi connectivity index (χ3n) is 2.39. The number of cyclic esters (lactones) is 1. The van der Waals surface area contributed by atoms with E-state index >= 15 is 0 Å². The van der Waals surface area contributed by atoms with Crippen LogP contribution < -0.4 is 10.9 Å². The average Bonchev–Trinajstić information content (AvgIpc) is 2.67. The highest BCUT2D eigenvalue weighted by atomic mass is 16.6. The molecule has 2 N–H and O–H groups in total. The summed E-state index contributed by atoms with van der Waals surface area (Å²) in [6, 6.07) is 2.36. The predicted molar refractivity (Wildman–Crippen MR) is 55.9 cm³/mol. The summed E-state index contributed by atoms with van der Waals surface area (Å²) in [5, 5.41) is 11.2. The molecule has 2 rings (SSSR count). The molecule has 0 spiro atoms. The van der Waals surface area contributed by atoms with Crippen LogP contribution >= 0.6 is 0 Å². The third-order valence-corrected chi connectivity index (χ3v) is 2.39. The van der Waals surface area contributed by atoms with Gasteiger partial charge in [-0.05, 0) is 6.07 Å². The first-order valence-corrected chi connectivity index (χ1v) is 4.94. The molecule has 7 heteroatoms. The number of nitrogens with one attached hydrogen (secondary N) is 1. The Bertz CT molecular complexity index is 522. The number of ether oxygens (including phenoxy) is 1. The van der Waals surface area contributed by atoms with Crippen molar-refractivity contribution in [2.45, 2.75) is 12.6 Å². The number of carbonyl (C=O) groups is 2. The van der Waals surface area contributed by atoms with E-state index in [1.165, 1.54) is 16.8 Å². The van der Waals surface area contributed by atoms with Crippen LogP contribution in [0.3, 0.4) is 0 Å². The molecule has 1 fully saturated rings. The van der Waals surface area contributed by atoms with Crippen molar-refractivity contribution in [1.29, 1.82) is 0 Å². The average molecular weight is 238 g/mol. The quantitative estimate of drug-likeness (QED) is 0.750. The van der Waals surface area contributed by atoms with Crippen LogP contribution in [0.2, 0.25) is 0 Å². The Balaban J connectivity index is 2.14. The molecule has 1 aliphatic heterocycles. The lowest BCUT2D eigenvalue weighted by atomic mass is 10.2. The van der Waals surface area contributed by atoms with Crippen LogP contribution in [0.5, 0.6) is 0 Å². The van der Waals surface area contributed by atoms with E-state index < -0.39 is 23.7 Å². The highest BCUT2D eigenvalue weighted by molar-refractivity contribution is 5.87. The van der Waals surface area contributed by atoms with Crippen LogP contribution in [0.25, 0.3) is 0 Å². The number of hydrogen-bond donors (Lipinski definition) is 2. The van der Waals surface area contributed by atoms with Crippen molar-refractivity contribution in [1.82, 2.24) is 9.88 Å². The molecule has 7 nitrogen and oxygen atoms in total. The van der Waals surface area contributed by atoms with Crippen LogP contribution in [-0.2, 0) is 11.3 Å². The maximum absolute atomic E-state index is 11.6. The zero-order valence-corrected chi connectivity index (χ0v) is 8.75. The number of nitrogens with zero attached hydrogens (tertiary/aromatic N) is 1. The zero-order valence-electron chi connectivity index (χ0n) is 8.75. The Labute approximate surface area is 95.6 Å². The first-order valence-electron chi connectivity index (χ1n) is 4.94. The summed E-state index contributed by atoms with van der Waals surface area (Å²) >= 11 is 0. The summed E-state index contributed by atoms with van der Waals surface area (Å²) in [7, 11) is 0. The Kier molecular flexibility index (Phi) is 2.82. The van der Waals surface area contributed by atoms with Crippen molar-refractivity contribution in [2.24, 2.45) is 0 Å². The second-order valence-electron chi connectivity index (χ2n) is 3.62. The molecule has 1 unspecified atom stereocenters. The van der Waals surface area contributed by atoms with Crippen LogP contribution in [0, 0.1) is 0 Å². The topological polar surface area (TPSA) is 97.6 Å². The van der Waals surface area contributed by atoms with E-state index in [0.29, 0.717) is 6.54 Å². The summed E-state index contributed by atoms with van der Waals surface area (Å²) in [5.74, 6) is -1.15. The van der Waals surface area contributed by atoms with Gasteiger partial charge < -0.3 is 19.7 Å². The Morgan fingerprint density at radius 3 is 2.88 bits per heavy atom. The van der Waals surface area contributed by atoms with Gasteiger partial charge >= 0.3 is 12.1 Å². The number of aromatic nitrogens is 1. The fourth-order valence-corrected chi connectivity index (χ4v) is 1.54. The second-order valence-corrected chi connectivity index (χ2v) is 3.62. The SMILES string of the molecule is O=C1NCC(Cn2ccc(C(=O)O)cc2=O)O1. The van der Waals surface area contributed by atoms with Crippen molar-refractivity contribution in [3.05, 3.63) is 34.2 Å². The Hall–Kier alpha value is -2.31. The largest absolute Gasteiger partial charge is 0.478 e. The van der Waals surface area contributed by atoms with Gasteiger partial charge in [0.1, 0.15) is 6.10 Å². The predicted octanol–water partition coefficient (Wildman–Crippen LogP) is -0.345. The molecule has 1 aromatic rings. The standard InChI is InChI=1S/C10H10N2O5/c13-8-3-6(9(14)15)1-2-12(8)5-7-4-11-10(16)17-7/h1-3,7H,4-5H2,(H,11,16)(H,14,15). The fourth-order valence-electron chi connectivity index (χ4n) is 1.54. The molecule has 1 saturated heterocycles. The normalized spacial score (nSPS) is 18.6. The van der Waals surface area contributed by atoms with E-state index in [9.17, 15) is 14.4 Å². The molecule has 90 valence electrons. The number of alkyl carbamates (subject to hydrolysis) is 1. The van der Waals surface area contributed by atoms with E-state index in [-0.39, 0.29) is 12.1 Å². The number of carbonyl (C=O) groups excluding carboxylic acids is 1. The maximum atomic E-state index is 11.6. The number of hydrogen-bond acceptors (Lipinski definition) is 4. The monoisotopic (exact) mass is 238 g/mol. The van der Waals surface area contributed by atoms with Gasteiger partial charge in [-0.15, -0.1) is 0 Å². The first kappa shape index (κ1) is 11.2. The van der Waals surface area contributed by atoms with Crippen molar-refractivity contribution < 1.29 is 19.4 Å². The van der Waals surface area contributed by atoms with Crippen LogP contribution in [0.15, 0.2) is 23.1 Å². The van der Waals surface area contributed by atoms with Gasteiger partial charge in [-0.25, -0.2) is 9.59 Å². The van der Waals surface area contributed by atoms with E-state index in [1.54, 1.807) is 0 Å². The molecular weight excluding hydrogens is 228 g/mol. The molecule has 0 bridgehead atoms. The van der Waals surface area contributed by atoms with E-state index in [1.807, 2.05) is 0 Å². The molecule has 17 heavy (non-hydrogen) atoms. The van der Waals surface area contributed by atoms with Crippen LogP contribution in [0.4, 0.5) is 4.79 Å². The molecular formula is C10H10N2O5. The van der Waals surface area contributed by atoms with E-state index in [4.69, 9.17) is 9.84 Å². The third kappa shape index (κ3) is 2.44. The zero-order chi connectivity index (χ0) is 12.4. The number of rotatable bonds is 3. The van der Waals surface area contributed by atoms with Gasteiger partial charge in [0, 0.05) is 12.3 Å². The van der Waals surface area contributed by atoms with Gasteiger partial charge in [-0.2, -0.15) is 0 Å². The number of carboxylic acid groups (broad SMARTS) is 1. The lowest BCUT2D eigenvalue weighted by Gasteiger charge is -2.10. The highest BCUT2D eigenvalue weighted by Gasteiger charge is 2.23. The minimum atomic E-state index is -1.15. The van der Waals surface area contributed by atoms with Crippen molar-refractivity contribution in [2.75, 3.05) is 6.54 Å². The lowest BCUT2D eigenvalue weighted by Crippen LogP contribution is -2.28. The summed E-state index contributed by atoms with van der Waals surface area (Å²) in [5.41, 5.74) is -0.499. The van der Waals surface area contributed by atoms with Gasteiger partial charge in [0.15, 0.2) is 0 Å². The van der Waals surface area contributed by atoms with Crippen LogP contribution in [-0.4, -0.2) is 34.4 Å². The maximum Gasteiger partial charge on any atom is 0.407 e. The van der Waals surface area contributed by atoms with Crippen molar-refractivity contribution in [3.8, 4) is 0 Å². The van der Waals surface area contributed by atoms with E-state index in [0.717, 1.165) is 6.07 Å². The second kappa shape index (κ2) is 4.28. The summed E-state index contributed by atoms with van der Waals surface area (Å²) < 4.78 is 6.17. The minimum Gasteiger partial charge on any atom is -0.478 e. The number of pyridine rings is 1. The molecule has 1 atom stereocenters. The van der Waals surface area contributed by atoms with Gasteiger partial charge in [0.25, 0.3) is 5.56 Å². The molecule has 0 radical (unpaired) electrons. The summed E-state index contributed by atoms with van der Waals surface area (Å²) in [4.78, 5) is 33.0. The lowest BCUT2D eigenvalue weighted by molar-refractivity contribution is 0.0696. The van der Waals surface area contributed by atoms with Gasteiger partial charge in [0.05, 0.1) is 18.7 Å². The van der Waals surface area contributed by atoms with Crippen LogP contribution in [0.1, 0.15) is 10.4 Å². The Morgan fingerprint density at radius 2 is 2.35 bits per heavy atom. The first-order chi connectivity index (χ1) is 8.06. The van der Waals surface area contributed by atoms with Crippen molar-refractivity contribution >= 4 is 12.1 Å². The molecule has 0 saturated carbocycles. The number of amides is 1. The highest BCUT2D eigenvalue weighted by Crippen LogP contribution is 2.03. The number of aromatic carboxylic acids is 1. The van der Waals surface area contributed by atoms with Gasteiger partial charge in [-0.3, -0.25) is 4.79 Å². The molecule has 0 aliphatic carbocycles. The van der Waals surface area contributed by atoms with Crippen molar-refractivity contribution in [3.63, 3.8) is 0 Å². The molecule has 1 amide bonds. The summed E-state index contributed by atoms with van der Waals surface area (Å²) in [6.45, 7) is 0.545. The molecule has 1 aromatic heterocycles. The number of carboxylic acids is 1. The molecule has 1 aliphatic rings.